The summed E-state index contributed by atoms with van der Waals surface area (Å²) in [5, 5.41) is 13.2. The first-order valence-corrected chi connectivity index (χ1v) is 9.48. The molecule has 0 amide bonds. The van der Waals surface area contributed by atoms with Crippen molar-refractivity contribution in [3.05, 3.63) is 64.0 Å². The van der Waals surface area contributed by atoms with Crippen molar-refractivity contribution in [3.63, 3.8) is 0 Å². The highest BCUT2D eigenvalue weighted by Gasteiger charge is 2.21. The topological polar surface area (TPSA) is 114 Å². The van der Waals surface area contributed by atoms with Crippen molar-refractivity contribution in [3.8, 4) is 11.5 Å². The first-order chi connectivity index (χ1) is 13.7. The summed E-state index contributed by atoms with van der Waals surface area (Å²) in [5.74, 6) is -0.0260. The van der Waals surface area contributed by atoms with Crippen LogP contribution in [0.25, 0.3) is 10.4 Å². The second-order valence-corrected chi connectivity index (χ2v) is 6.58. The van der Waals surface area contributed by atoms with Gasteiger partial charge in [-0.3, -0.25) is 0 Å². The Morgan fingerprint density at radius 3 is 2.61 bits per heavy atom. The van der Waals surface area contributed by atoms with Crippen LogP contribution in [0.1, 0.15) is 22.3 Å². The van der Waals surface area contributed by atoms with Crippen LogP contribution >= 0.6 is 11.8 Å². The van der Waals surface area contributed by atoms with Crippen LogP contribution in [0, 0.1) is 0 Å². The van der Waals surface area contributed by atoms with Gasteiger partial charge in [0.05, 0.1) is 6.61 Å². The summed E-state index contributed by atoms with van der Waals surface area (Å²) >= 11 is 1.50. The van der Waals surface area contributed by atoms with Crippen molar-refractivity contribution in [2.45, 2.75) is 17.1 Å². The molecule has 0 unspecified atom stereocenters. The van der Waals surface area contributed by atoms with Gasteiger partial charge in [-0.25, -0.2) is 4.79 Å². The average molecular weight is 403 g/mol. The van der Waals surface area contributed by atoms with Gasteiger partial charge in [-0.05, 0) is 36.2 Å². The van der Waals surface area contributed by atoms with Gasteiger partial charge in [0.2, 0.25) is 0 Å². The highest BCUT2D eigenvalue weighted by molar-refractivity contribution is 7.98. The Hall–Kier alpha value is -2.87. The normalized spacial score (nSPS) is 10.2. The molecule has 0 saturated carbocycles. The summed E-state index contributed by atoms with van der Waals surface area (Å²) in [6.07, 6.45) is 0.527. The number of carbonyl (C=O) groups is 1. The van der Waals surface area contributed by atoms with Gasteiger partial charge in [0.15, 0.2) is 6.79 Å². The van der Waals surface area contributed by atoms with E-state index in [0.29, 0.717) is 36.6 Å². The van der Waals surface area contributed by atoms with Crippen LogP contribution in [0.2, 0.25) is 0 Å². The zero-order valence-corrected chi connectivity index (χ0v) is 16.2. The maximum atomic E-state index is 11.9. The molecule has 0 fully saturated rings. The van der Waals surface area contributed by atoms with Crippen LogP contribution in [-0.2, 0) is 10.5 Å². The summed E-state index contributed by atoms with van der Waals surface area (Å²) < 4.78 is 16.1. The van der Waals surface area contributed by atoms with Gasteiger partial charge in [0.25, 0.3) is 0 Å². The second kappa shape index (κ2) is 11.8. The third-order valence-electron chi connectivity index (χ3n) is 3.63. The molecular weight excluding hydrogens is 382 g/mol. The molecule has 2 aromatic carbocycles. The van der Waals surface area contributed by atoms with E-state index in [9.17, 15) is 9.90 Å². The van der Waals surface area contributed by atoms with Crippen LogP contribution in [0.4, 0.5) is 0 Å². The lowest BCUT2D eigenvalue weighted by Crippen LogP contribution is -2.11. The van der Waals surface area contributed by atoms with Crippen LogP contribution in [-0.4, -0.2) is 38.1 Å². The van der Waals surface area contributed by atoms with Crippen molar-refractivity contribution in [2.75, 3.05) is 27.1 Å². The largest absolute Gasteiger partial charge is 0.493 e. The molecule has 2 rings (SSSR count). The van der Waals surface area contributed by atoms with Crippen molar-refractivity contribution >= 4 is 17.7 Å². The molecule has 28 heavy (non-hydrogen) atoms. The zero-order valence-electron chi connectivity index (χ0n) is 15.4. The number of nitrogens with zero attached hydrogens (tertiary/aromatic N) is 3. The lowest BCUT2D eigenvalue weighted by atomic mass is 10.1. The van der Waals surface area contributed by atoms with Gasteiger partial charge in [-0.2, -0.15) is 0 Å². The standard InChI is InChI=1S/C19H21N3O5S/c1-25-13-27-17-9-8-16(26-11-5-10-21-22-20)15(18(17)19(23)24)12-28-14-6-3-2-4-7-14/h2-4,6-9H,5,10-13H2,1H3,(H,23,24). The summed E-state index contributed by atoms with van der Waals surface area (Å²) in [6.45, 7) is 0.558. The first-order valence-electron chi connectivity index (χ1n) is 8.49. The van der Waals surface area contributed by atoms with Gasteiger partial charge in [0.1, 0.15) is 17.1 Å². The summed E-state index contributed by atoms with van der Waals surface area (Å²) in [5.41, 5.74) is 8.90. The van der Waals surface area contributed by atoms with Crippen LogP contribution in [0.3, 0.4) is 0 Å². The Morgan fingerprint density at radius 1 is 1.18 bits per heavy atom. The van der Waals surface area contributed by atoms with E-state index >= 15 is 0 Å². The van der Waals surface area contributed by atoms with Gasteiger partial charge in [0, 0.05) is 34.8 Å². The van der Waals surface area contributed by atoms with Crippen molar-refractivity contribution in [2.24, 2.45) is 5.11 Å². The fourth-order valence-electron chi connectivity index (χ4n) is 2.40. The van der Waals surface area contributed by atoms with E-state index in [0.717, 1.165) is 4.90 Å². The smallest absolute Gasteiger partial charge is 0.339 e. The number of hydrogen-bond acceptors (Lipinski definition) is 6. The molecular formula is C19H21N3O5S. The van der Waals surface area contributed by atoms with Crippen molar-refractivity contribution in [1.29, 1.82) is 0 Å². The van der Waals surface area contributed by atoms with Crippen LogP contribution < -0.4 is 9.47 Å². The first kappa shape index (κ1) is 21.4. The quantitative estimate of drug-likeness (QED) is 0.137. The maximum Gasteiger partial charge on any atom is 0.339 e. The molecule has 0 bridgehead atoms. The Morgan fingerprint density at radius 2 is 1.93 bits per heavy atom. The molecule has 0 heterocycles. The molecule has 8 nitrogen and oxygen atoms in total. The number of aromatic carboxylic acids is 1. The van der Waals surface area contributed by atoms with Crippen molar-refractivity contribution < 1.29 is 24.1 Å². The Labute approximate surface area is 167 Å². The predicted molar refractivity (Wildman–Crippen MR) is 106 cm³/mol. The highest BCUT2D eigenvalue weighted by Crippen LogP contribution is 2.35. The number of hydrogen-bond donors (Lipinski definition) is 1. The predicted octanol–water partition coefficient (Wildman–Crippen LogP) is 4.74. The van der Waals surface area contributed by atoms with E-state index in [4.69, 9.17) is 19.7 Å². The van der Waals surface area contributed by atoms with E-state index in [2.05, 4.69) is 10.0 Å². The number of rotatable bonds is 12. The van der Waals surface area contributed by atoms with Gasteiger partial charge >= 0.3 is 5.97 Å². The number of methoxy groups -OCH3 is 1. The minimum absolute atomic E-state index is 0.0491. The highest BCUT2D eigenvalue weighted by atomic mass is 32.2. The molecule has 0 saturated heterocycles. The Kier molecular flexibility index (Phi) is 9.00. The van der Waals surface area contributed by atoms with E-state index in [1.165, 1.54) is 18.9 Å². The Bertz CT molecular complexity index is 826. The van der Waals surface area contributed by atoms with Gasteiger partial charge in [-0.1, -0.05) is 23.3 Å². The lowest BCUT2D eigenvalue weighted by Gasteiger charge is -2.17. The third-order valence-corrected chi connectivity index (χ3v) is 4.67. The minimum atomic E-state index is -1.10. The number of benzene rings is 2. The molecule has 0 spiro atoms. The number of carboxylic acids is 1. The minimum Gasteiger partial charge on any atom is -0.493 e. The van der Waals surface area contributed by atoms with Gasteiger partial charge in [-0.15, -0.1) is 11.8 Å². The number of thioether (sulfide) groups is 1. The SMILES string of the molecule is COCOc1ccc(OCCCN=[N+]=[N-])c(CSc2ccccc2)c1C(=O)O. The lowest BCUT2D eigenvalue weighted by molar-refractivity contribution is 0.0482. The molecule has 0 radical (unpaired) electrons. The summed E-state index contributed by atoms with van der Waals surface area (Å²) in [7, 11) is 1.47. The molecule has 0 aliphatic heterocycles. The number of azide groups is 1. The second-order valence-electron chi connectivity index (χ2n) is 5.53. The molecule has 1 N–H and O–H groups in total. The number of ether oxygens (including phenoxy) is 3. The van der Waals surface area contributed by atoms with Crippen molar-refractivity contribution in [1.82, 2.24) is 0 Å². The zero-order chi connectivity index (χ0) is 20.2. The fraction of sp³-hybridized carbons (Fsp3) is 0.316. The van der Waals surface area contributed by atoms with Crippen LogP contribution in [0.5, 0.6) is 11.5 Å². The summed E-state index contributed by atoms with van der Waals surface area (Å²) in [6, 6.07) is 12.9. The average Bonchev–Trinajstić information content (AvgIpc) is 2.71. The van der Waals surface area contributed by atoms with E-state index in [1.807, 2.05) is 30.3 Å². The molecule has 0 aliphatic rings. The fourth-order valence-corrected chi connectivity index (χ4v) is 3.34. The number of carboxylic acid groups (broad SMARTS) is 1. The van der Waals surface area contributed by atoms with E-state index < -0.39 is 5.97 Å². The van der Waals surface area contributed by atoms with Crippen LogP contribution in [0.15, 0.2) is 52.5 Å². The monoisotopic (exact) mass is 403 g/mol. The molecule has 9 heteroatoms. The molecule has 0 aliphatic carbocycles. The maximum absolute atomic E-state index is 11.9. The molecule has 0 atom stereocenters. The summed E-state index contributed by atoms with van der Waals surface area (Å²) in [4.78, 5) is 15.7. The molecule has 0 aromatic heterocycles. The third kappa shape index (κ3) is 6.38. The van der Waals surface area contributed by atoms with E-state index in [1.54, 1.807) is 12.1 Å². The van der Waals surface area contributed by atoms with Gasteiger partial charge < -0.3 is 19.3 Å². The Balaban J connectivity index is 2.29. The molecule has 148 valence electrons. The molecule has 2 aromatic rings. The van der Waals surface area contributed by atoms with E-state index in [-0.39, 0.29) is 18.1 Å².